The van der Waals surface area contributed by atoms with Crippen LogP contribution < -0.4 is 10.6 Å². The average molecular weight is 256 g/mol. The van der Waals surface area contributed by atoms with Crippen LogP contribution in [0.15, 0.2) is 0 Å². The monoisotopic (exact) mass is 256 g/mol. The van der Waals surface area contributed by atoms with E-state index in [4.69, 9.17) is 4.74 Å². The van der Waals surface area contributed by atoms with Crippen LogP contribution in [-0.4, -0.2) is 38.3 Å². The van der Waals surface area contributed by atoms with Gasteiger partial charge in [-0.1, -0.05) is 20.8 Å². The van der Waals surface area contributed by atoms with Crippen molar-refractivity contribution in [2.24, 2.45) is 5.41 Å². The van der Waals surface area contributed by atoms with E-state index in [0.717, 1.165) is 38.9 Å². The third-order valence-electron chi connectivity index (χ3n) is 3.69. The predicted octanol–water partition coefficient (Wildman–Crippen LogP) is 1.70. The largest absolute Gasteiger partial charge is 0.378 e. The number of hydrogen-bond donors (Lipinski definition) is 2. The van der Waals surface area contributed by atoms with Crippen LogP contribution in [-0.2, 0) is 9.53 Å². The standard InChI is InChI=1S/C14H28N2O2/c1-4-14(2,3)11-16-13(17)7-10-18-12-5-8-15-9-6-12/h12,15H,4-11H2,1-3H3,(H,16,17). The van der Waals surface area contributed by atoms with Gasteiger partial charge in [-0.2, -0.15) is 0 Å². The first-order chi connectivity index (χ1) is 8.53. The SMILES string of the molecule is CCC(C)(C)CNC(=O)CCOC1CCNCC1. The molecular weight excluding hydrogens is 228 g/mol. The fraction of sp³-hybridized carbons (Fsp3) is 0.929. The number of amides is 1. The minimum absolute atomic E-state index is 0.102. The molecule has 1 amide bonds. The highest BCUT2D eigenvalue weighted by Crippen LogP contribution is 2.17. The fourth-order valence-electron chi connectivity index (χ4n) is 1.83. The summed E-state index contributed by atoms with van der Waals surface area (Å²) in [4.78, 5) is 11.6. The zero-order valence-corrected chi connectivity index (χ0v) is 12.1. The highest BCUT2D eigenvalue weighted by atomic mass is 16.5. The quantitative estimate of drug-likeness (QED) is 0.729. The molecule has 1 aliphatic heterocycles. The highest BCUT2D eigenvalue weighted by Gasteiger charge is 2.17. The van der Waals surface area contributed by atoms with Crippen LogP contribution in [0, 0.1) is 5.41 Å². The van der Waals surface area contributed by atoms with Gasteiger partial charge in [0.25, 0.3) is 0 Å². The van der Waals surface area contributed by atoms with Gasteiger partial charge in [0.1, 0.15) is 0 Å². The minimum atomic E-state index is 0.102. The number of ether oxygens (including phenoxy) is 1. The van der Waals surface area contributed by atoms with Crippen molar-refractivity contribution in [3.63, 3.8) is 0 Å². The van der Waals surface area contributed by atoms with Gasteiger partial charge in [0.15, 0.2) is 0 Å². The molecule has 0 aromatic rings. The summed E-state index contributed by atoms with van der Waals surface area (Å²) in [7, 11) is 0. The fourth-order valence-corrected chi connectivity index (χ4v) is 1.83. The van der Waals surface area contributed by atoms with Gasteiger partial charge < -0.3 is 15.4 Å². The number of carbonyl (C=O) groups excluding carboxylic acids is 1. The van der Waals surface area contributed by atoms with Gasteiger partial charge >= 0.3 is 0 Å². The van der Waals surface area contributed by atoms with Crippen molar-refractivity contribution < 1.29 is 9.53 Å². The molecule has 0 unspecified atom stereocenters. The van der Waals surface area contributed by atoms with Gasteiger partial charge in [0.05, 0.1) is 12.7 Å². The van der Waals surface area contributed by atoms with Crippen molar-refractivity contribution in [2.45, 2.75) is 52.6 Å². The Morgan fingerprint density at radius 3 is 2.67 bits per heavy atom. The molecule has 1 rings (SSSR count). The Morgan fingerprint density at radius 1 is 1.39 bits per heavy atom. The number of rotatable bonds is 7. The Hall–Kier alpha value is -0.610. The molecule has 0 aromatic heterocycles. The molecule has 1 fully saturated rings. The lowest BCUT2D eigenvalue weighted by molar-refractivity contribution is -0.123. The smallest absolute Gasteiger partial charge is 0.222 e. The van der Waals surface area contributed by atoms with Crippen LogP contribution >= 0.6 is 0 Å². The first kappa shape index (κ1) is 15.4. The summed E-state index contributed by atoms with van der Waals surface area (Å²) < 4.78 is 5.71. The van der Waals surface area contributed by atoms with E-state index in [2.05, 4.69) is 31.4 Å². The molecule has 2 N–H and O–H groups in total. The molecule has 1 saturated heterocycles. The average Bonchev–Trinajstić information content (AvgIpc) is 2.38. The molecule has 106 valence electrons. The first-order valence-corrected chi connectivity index (χ1v) is 7.12. The first-order valence-electron chi connectivity index (χ1n) is 7.12. The van der Waals surface area contributed by atoms with Crippen molar-refractivity contribution >= 4 is 5.91 Å². The van der Waals surface area contributed by atoms with Crippen LogP contribution in [0.5, 0.6) is 0 Å². The van der Waals surface area contributed by atoms with Crippen molar-refractivity contribution in [2.75, 3.05) is 26.2 Å². The Morgan fingerprint density at radius 2 is 2.06 bits per heavy atom. The molecule has 1 heterocycles. The molecule has 0 aromatic carbocycles. The van der Waals surface area contributed by atoms with E-state index in [-0.39, 0.29) is 11.3 Å². The second kappa shape index (κ2) is 7.74. The highest BCUT2D eigenvalue weighted by molar-refractivity contribution is 5.75. The number of piperidine rings is 1. The molecule has 0 bridgehead atoms. The minimum Gasteiger partial charge on any atom is -0.378 e. The second-order valence-corrected chi connectivity index (χ2v) is 5.86. The Kier molecular flexibility index (Phi) is 6.65. The lowest BCUT2D eigenvalue weighted by Crippen LogP contribution is -2.35. The molecule has 4 heteroatoms. The summed E-state index contributed by atoms with van der Waals surface area (Å²) in [6, 6.07) is 0. The zero-order valence-electron chi connectivity index (χ0n) is 12.1. The summed E-state index contributed by atoms with van der Waals surface area (Å²) in [6.07, 6.45) is 4.00. The van der Waals surface area contributed by atoms with Gasteiger partial charge in [-0.15, -0.1) is 0 Å². The Balaban J connectivity index is 2.06. The van der Waals surface area contributed by atoms with Gasteiger partial charge in [-0.3, -0.25) is 4.79 Å². The number of hydrogen-bond acceptors (Lipinski definition) is 3. The molecule has 4 nitrogen and oxygen atoms in total. The van der Waals surface area contributed by atoms with Crippen LogP contribution in [0.3, 0.4) is 0 Å². The van der Waals surface area contributed by atoms with Crippen molar-refractivity contribution in [3.05, 3.63) is 0 Å². The molecule has 0 saturated carbocycles. The van der Waals surface area contributed by atoms with Crippen LogP contribution in [0.1, 0.15) is 46.5 Å². The van der Waals surface area contributed by atoms with E-state index in [1.807, 2.05) is 0 Å². The van der Waals surface area contributed by atoms with Gasteiger partial charge in [-0.05, 0) is 37.8 Å². The van der Waals surface area contributed by atoms with E-state index in [1.54, 1.807) is 0 Å². The maximum Gasteiger partial charge on any atom is 0.222 e. The van der Waals surface area contributed by atoms with E-state index in [1.165, 1.54) is 0 Å². The Labute approximate surface area is 111 Å². The Bertz CT molecular complexity index is 248. The maximum atomic E-state index is 11.6. The topological polar surface area (TPSA) is 50.4 Å². The lowest BCUT2D eigenvalue weighted by Gasteiger charge is -2.24. The lowest BCUT2D eigenvalue weighted by atomic mass is 9.90. The van der Waals surface area contributed by atoms with Crippen molar-refractivity contribution in [1.82, 2.24) is 10.6 Å². The summed E-state index contributed by atoms with van der Waals surface area (Å²) >= 11 is 0. The van der Waals surface area contributed by atoms with Crippen LogP contribution in [0.25, 0.3) is 0 Å². The van der Waals surface area contributed by atoms with Gasteiger partial charge in [0, 0.05) is 13.0 Å². The third-order valence-corrected chi connectivity index (χ3v) is 3.69. The van der Waals surface area contributed by atoms with E-state index in [0.29, 0.717) is 19.1 Å². The van der Waals surface area contributed by atoms with Gasteiger partial charge in [0.2, 0.25) is 5.91 Å². The zero-order chi connectivity index (χ0) is 13.4. The molecule has 1 aliphatic rings. The maximum absolute atomic E-state index is 11.6. The van der Waals surface area contributed by atoms with Crippen LogP contribution in [0.2, 0.25) is 0 Å². The molecule has 0 aliphatic carbocycles. The van der Waals surface area contributed by atoms with E-state index >= 15 is 0 Å². The molecule has 0 atom stereocenters. The van der Waals surface area contributed by atoms with E-state index < -0.39 is 0 Å². The van der Waals surface area contributed by atoms with Crippen molar-refractivity contribution in [1.29, 1.82) is 0 Å². The van der Waals surface area contributed by atoms with Crippen molar-refractivity contribution in [3.8, 4) is 0 Å². The summed E-state index contributed by atoms with van der Waals surface area (Å²) in [5.74, 6) is 0.102. The van der Waals surface area contributed by atoms with Crippen LogP contribution in [0.4, 0.5) is 0 Å². The predicted molar refractivity (Wildman–Crippen MR) is 73.5 cm³/mol. The van der Waals surface area contributed by atoms with E-state index in [9.17, 15) is 4.79 Å². The number of nitrogens with one attached hydrogen (secondary N) is 2. The third kappa shape index (κ3) is 6.36. The molecule has 18 heavy (non-hydrogen) atoms. The summed E-state index contributed by atoms with van der Waals surface area (Å²) in [5.41, 5.74) is 0.186. The normalized spacial score (nSPS) is 17.7. The molecular formula is C14H28N2O2. The molecule has 0 spiro atoms. The van der Waals surface area contributed by atoms with Gasteiger partial charge in [-0.25, -0.2) is 0 Å². The summed E-state index contributed by atoms with van der Waals surface area (Å²) in [6.45, 7) is 9.83. The summed E-state index contributed by atoms with van der Waals surface area (Å²) in [5, 5.41) is 6.28. The molecule has 0 radical (unpaired) electrons. The number of carbonyl (C=O) groups is 1. The second-order valence-electron chi connectivity index (χ2n) is 5.86.